The number of alkyl halides is 1. The lowest BCUT2D eigenvalue weighted by Crippen LogP contribution is -2.06. The quantitative estimate of drug-likeness (QED) is 0.460. The molecule has 2 aromatic carbocycles. The lowest BCUT2D eigenvalue weighted by atomic mass is 10.0. The van der Waals surface area contributed by atoms with E-state index < -0.39 is 0 Å². The summed E-state index contributed by atoms with van der Waals surface area (Å²) in [5.74, 6) is 0.0903. The molecule has 0 aromatic heterocycles. The van der Waals surface area contributed by atoms with Crippen LogP contribution in [0.15, 0.2) is 59.5 Å². The number of carbonyl (C=O) groups is 1. The van der Waals surface area contributed by atoms with Gasteiger partial charge in [-0.25, -0.2) is 0 Å². The van der Waals surface area contributed by atoms with Crippen LogP contribution in [-0.2, 0) is 0 Å². The second-order valence-corrected chi connectivity index (χ2v) is 5.66. The van der Waals surface area contributed by atoms with E-state index in [0.29, 0.717) is 0 Å². The van der Waals surface area contributed by atoms with Gasteiger partial charge in [-0.3, -0.25) is 4.79 Å². The number of hydrogen-bond acceptors (Lipinski definition) is 2. The predicted molar refractivity (Wildman–Crippen MR) is 80.7 cm³/mol. The molecule has 92 valence electrons. The molecule has 0 heterocycles. The monoisotopic (exact) mass is 320 g/mol. The molecule has 0 aliphatic carbocycles. The number of benzene rings is 2. The molecule has 0 amide bonds. The highest BCUT2D eigenvalue weighted by atomic mass is 79.9. The average molecular weight is 321 g/mol. The molecule has 0 radical (unpaired) electrons. The first-order valence-corrected chi connectivity index (χ1v) is 7.73. The van der Waals surface area contributed by atoms with Crippen molar-refractivity contribution >= 4 is 33.5 Å². The van der Waals surface area contributed by atoms with E-state index in [1.165, 1.54) is 4.90 Å². The summed E-state index contributed by atoms with van der Waals surface area (Å²) in [6.07, 6.45) is 2.04. The molecule has 1 unspecified atom stereocenters. The first-order chi connectivity index (χ1) is 8.72. The molecule has 1 nitrogen and oxygen atoms in total. The van der Waals surface area contributed by atoms with Crippen LogP contribution in [0.5, 0.6) is 0 Å². The van der Waals surface area contributed by atoms with Crippen LogP contribution in [0.2, 0.25) is 0 Å². The lowest BCUT2D eigenvalue weighted by molar-refractivity contribution is 0.0991. The summed E-state index contributed by atoms with van der Waals surface area (Å²) in [6.45, 7) is 0. The average Bonchev–Trinajstić information content (AvgIpc) is 2.47. The van der Waals surface area contributed by atoms with E-state index in [-0.39, 0.29) is 10.6 Å². The first-order valence-electron chi connectivity index (χ1n) is 5.59. The van der Waals surface area contributed by atoms with Gasteiger partial charge < -0.3 is 0 Å². The summed E-state index contributed by atoms with van der Waals surface area (Å²) in [6, 6.07) is 17.4. The van der Waals surface area contributed by atoms with Crippen LogP contribution >= 0.6 is 27.7 Å². The topological polar surface area (TPSA) is 17.1 Å². The maximum atomic E-state index is 12.2. The predicted octanol–water partition coefficient (Wildman–Crippen LogP) is 4.73. The van der Waals surface area contributed by atoms with Crippen molar-refractivity contribution in [3.05, 3.63) is 65.7 Å². The number of thioether (sulfide) groups is 1. The smallest absolute Gasteiger partial charge is 0.180 e. The largest absolute Gasteiger partial charge is 0.293 e. The standard InChI is InChI=1S/C15H13BrOS/c1-18-13-9-7-11(8-10-13)14(16)15(17)12-5-3-2-4-6-12/h2-10,14H,1H3. The van der Waals surface area contributed by atoms with E-state index >= 15 is 0 Å². The molecule has 0 spiro atoms. The third-order valence-corrected chi connectivity index (χ3v) is 4.39. The molecule has 3 heteroatoms. The van der Waals surface area contributed by atoms with Gasteiger partial charge in [0.1, 0.15) is 4.83 Å². The molecule has 0 fully saturated rings. The van der Waals surface area contributed by atoms with Gasteiger partial charge in [-0.05, 0) is 24.0 Å². The fraction of sp³-hybridized carbons (Fsp3) is 0.133. The minimum atomic E-state index is -0.282. The van der Waals surface area contributed by atoms with E-state index in [2.05, 4.69) is 15.9 Å². The molecule has 2 rings (SSSR count). The zero-order valence-corrected chi connectivity index (χ0v) is 12.4. The zero-order valence-electron chi connectivity index (χ0n) is 9.97. The fourth-order valence-corrected chi connectivity index (χ4v) is 2.65. The summed E-state index contributed by atoms with van der Waals surface area (Å²) in [5.41, 5.74) is 1.72. The van der Waals surface area contributed by atoms with Gasteiger partial charge in [0.25, 0.3) is 0 Å². The Bertz CT molecular complexity index is 522. The highest BCUT2D eigenvalue weighted by Gasteiger charge is 2.18. The Morgan fingerprint density at radius 3 is 2.22 bits per heavy atom. The Hall–Kier alpha value is -1.06. The maximum absolute atomic E-state index is 12.2. The van der Waals surface area contributed by atoms with E-state index in [1.54, 1.807) is 11.8 Å². The second-order valence-electron chi connectivity index (χ2n) is 3.87. The molecule has 0 aliphatic rings. The van der Waals surface area contributed by atoms with Crippen molar-refractivity contribution in [3.63, 3.8) is 0 Å². The number of carbonyl (C=O) groups excluding carboxylic acids is 1. The van der Waals surface area contributed by atoms with Gasteiger partial charge in [-0.2, -0.15) is 0 Å². The Kier molecular flexibility index (Phi) is 4.61. The number of rotatable bonds is 4. The molecule has 1 atom stereocenters. The SMILES string of the molecule is CSc1ccc(C(Br)C(=O)c2ccccc2)cc1. The van der Waals surface area contributed by atoms with Gasteiger partial charge in [0.2, 0.25) is 0 Å². The van der Waals surface area contributed by atoms with Crippen LogP contribution in [0, 0.1) is 0 Å². The number of hydrogen-bond donors (Lipinski definition) is 0. The van der Waals surface area contributed by atoms with Crippen molar-refractivity contribution in [3.8, 4) is 0 Å². The molecular weight excluding hydrogens is 308 g/mol. The van der Waals surface area contributed by atoms with Gasteiger partial charge in [0.15, 0.2) is 5.78 Å². The first kappa shape index (κ1) is 13.4. The number of ketones is 1. The lowest BCUT2D eigenvalue weighted by Gasteiger charge is -2.09. The van der Waals surface area contributed by atoms with Crippen LogP contribution < -0.4 is 0 Å². The Balaban J connectivity index is 2.20. The normalized spacial score (nSPS) is 12.1. The molecule has 0 aliphatic heterocycles. The van der Waals surface area contributed by atoms with Crippen molar-refractivity contribution < 1.29 is 4.79 Å². The van der Waals surface area contributed by atoms with E-state index in [0.717, 1.165) is 11.1 Å². The van der Waals surface area contributed by atoms with Crippen molar-refractivity contribution in [2.75, 3.05) is 6.26 Å². The summed E-state index contributed by atoms with van der Waals surface area (Å²) in [4.78, 5) is 13.2. The number of halogens is 1. The van der Waals surface area contributed by atoms with Gasteiger partial charge in [0, 0.05) is 10.5 Å². The molecule has 18 heavy (non-hydrogen) atoms. The van der Waals surface area contributed by atoms with Crippen LogP contribution in [0.4, 0.5) is 0 Å². The molecule has 0 bridgehead atoms. The Morgan fingerprint density at radius 2 is 1.67 bits per heavy atom. The summed E-state index contributed by atoms with van der Waals surface area (Å²) >= 11 is 5.17. The second kappa shape index (κ2) is 6.21. The van der Waals surface area contributed by atoms with Crippen molar-refractivity contribution in [1.29, 1.82) is 0 Å². The van der Waals surface area contributed by atoms with Crippen LogP contribution in [0.3, 0.4) is 0 Å². The van der Waals surface area contributed by atoms with Crippen LogP contribution in [-0.4, -0.2) is 12.0 Å². The van der Waals surface area contributed by atoms with E-state index in [1.807, 2.05) is 60.9 Å². The maximum Gasteiger partial charge on any atom is 0.180 e. The third-order valence-electron chi connectivity index (χ3n) is 2.70. The van der Waals surface area contributed by atoms with Crippen LogP contribution in [0.1, 0.15) is 20.7 Å². The van der Waals surface area contributed by atoms with E-state index in [4.69, 9.17) is 0 Å². The van der Waals surface area contributed by atoms with Gasteiger partial charge in [0.05, 0.1) is 0 Å². The van der Waals surface area contributed by atoms with Crippen LogP contribution in [0.25, 0.3) is 0 Å². The molecule has 2 aromatic rings. The van der Waals surface area contributed by atoms with Crippen molar-refractivity contribution in [2.45, 2.75) is 9.72 Å². The highest BCUT2D eigenvalue weighted by molar-refractivity contribution is 9.09. The molecular formula is C15H13BrOS. The Labute approximate surface area is 120 Å². The van der Waals surface area contributed by atoms with E-state index in [9.17, 15) is 4.79 Å². The summed E-state index contributed by atoms with van der Waals surface area (Å²) < 4.78 is 0. The number of Topliss-reactive ketones (excluding diaryl/α,β-unsaturated/α-hetero) is 1. The summed E-state index contributed by atoms with van der Waals surface area (Å²) in [5, 5.41) is 0. The highest BCUT2D eigenvalue weighted by Crippen LogP contribution is 2.28. The molecule has 0 saturated heterocycles. The molecule has 0 N–H and O–H groups in total. The minimum absolute atomic E-state index is 0.0903. The Morgan fingerprint density at radius 1 is 1.06 bits per heavy atom. The van der Waals surface area contributed by atoms with Crippen molar-refractivity contribution in [2.24, 2.45) is 0 Å². The minimum Gasteiger partial charge on any atom is -0.293 e. The van der Waals surface area contributed by atoms with Gasteiger partial charge >= 0.3 is 0 Å². The zero-order chi connectivity index (χ0) is 13.0. The summed E-state index contributed by atoms with van der Waals surface area (Å²) in [7, 11) is 0. The van der Waals surface area contributed by atoms with Gasteiger partial charge in [-0.15, -0.1) is 11.8 Å². The fourth-order valence-electron chi connectivity index (χ4n) is 1.67. The molecule has 0 saturated carbocycles. The third kappa shape index (κ3) is 3.03. The van der Waals surface area contributed by atoms with Gasteiger partial charge in [-0.1, -0.05) is 58.4 Å². The van der Waals surface area contributed by atoms with Crippen molar-refractivity contribution in [1.82, 2.24) is 0 Å².